The van der Waals surface area contributed by atoms with Crippen molar-refractivity contribution in [3.63, 3.8) is 0 Å². The van der Waals surface area contributed by atoms with Crippen LogP contribution in [0.5, 0.6) is 0 Å². The normalized spacial score (nSPS) is 24.3. The molecule has 91 valence electrons. The Morgan fingerprint density at radius 3 is 2.53 bits per heavy atom. The Labute approximate surface area is 108 Å². The van der Waals surface area contributed by atoms with Crippen LogP contribution < -0.4 is 21.4 Å². The van der Waals surface area contributed by atoms with Crippen LogP contribution in [-0.2, 0) is 17.6 Å². The molecule has 1 radical (unpaired) electrons. The fourth-order valence-electron chi connectivity index (χ4n) is 1.32. The SMILES string of the molecule is O=C1CCC(=O)N1O[I-][B]N1C(=O)C=CC1O. The molecule has 9 heteroatoms. The van der Waals surface area contributed by atoms with Gasteiger partial charge in [-0.25, -0.2) is 0 Å². The quantitative estimate of drug-likeness (QED) is 0.313. The monoisotopic (exact) mass is 350 g/mol. The molecule has 3 amide bonds. The van der Waals surface area contributed by atoms with Crippen molar-refractivity contribution < 1.29 is 44.1 Å². The maximum absolute atomic E-state index is 11.2. The van der Waals surface area contributed by atoms with Gasteiger partial charge in [-0.15, -0.1) is 0 Å². The van der Waals surface area contributed by atoms with E-state index in [0.29, 0.717) is 0 Å². The first-order valence-electron chi connectivity index (χ1n) is 4.78. The van der Waals surface area contributed by atoms with Crippen molar-refractivity contribution in [2.75, 3.05) is 0 Å². The van der Waals surface area contributed by atoms with Gasteiger partial charge in [-0.1, -0.05) is 0 Å². The van der Waals surface area contributed by atoms with E-state index in [1.54, 1.807) is 0 Å². The van der Waals surface area contributed by atoms with Crippen LogP contribution in [0.25, 0.3) is 0 Å². The van der Waals surface area contributed by atoms with Crippen LogP contribution in [0.1, 0.15) is 12.8 Å². The zero-order chi connectivity index (χ0) is 12.4. The van der Waals surface area contributed by atoms with E-state index in [2.05, 4.69) is 0 Å². The van der Waals surface area contributed by atoms with Crippen LogP contribution in [0, 0.1) is 0 Å². The number of halogens is 1. The predicted octanol–water partition coefficient (Wildman–Crippen LogP) is -4.68. The molecule has 1 saturated heterocycles. The molecule has 17 heavy (non-hydrogen) atoms. The van der Waals surface area contributed by atoms with Gasteiger partial charge in [0.1, 0.15) is 0 Å². The maximum atomic E-state index is 11.2. The molecule has 0 spiro atoms. The summed E-state index contributed by atoms with van der Waals surface area (Å²) in [6, 6.07) is 0. The van der Waals surface area contributed by atoms with Crippen molar-refractivity contribution in [1.82, 2.24) is 9.87 Å². The summed E-state index contributed by atoms with van der Waals surface area (Å²) in [5, 5.41) is 11.5. The van der Waals surface area contributed by atoms with E-state index in [0.717, 1.165) is 9.87 Å². The van der Waals surface area contributed by atoms with Crippen LogP contribution >= 0.6 is 0 Å². The number of amides is 3. The van der Waals surface area contributed by atoms with Gasteiger partial charge in [0.25, 0.3) is 0 Å². The number of imide groups is 1. The number of hydroxylamine groups is 2. The number of hydrogen-bond acceptors (Lipinski definition) is 5. The third-order valence-electron chi connectivity index (χ3n) is 2.21. The van der Waals surface area contributed by atoms with Crippen molar-refractivity contribution in [3.8, 4) is 0 Å². The molecular formula is C8H8BIN2O5-. The Balaban J connectivity index is 1.78. The van der Waals surface area contributed by atoms with Crippen LogP contribution in [0.3, 0.4) is 0 Å². The molecule has 2 rings (SSSR count). The second-order valence-electron chi connectivity index (χ2n) is 3.36. The predicted molar refractivity (Wildman–Crippen MR) is 49.9 cm³/mol. The summed E-state index contributed by atoms with van der Waals surface area (Å²) in [4.78, 5) is 34.7. The van der Waals surface area contributed by atoms with Crippen LogP contribution in [0.15, 0.2) is 12.2 Å². The Bertz CT molecular complexity index is 385. The van der Waals surface area contributed by atoms with Crippen molar-refractivity contribution in [2.24, 2.45) is 0 Å². The number of aliphatic hydroxyl groups is 1. The van der Waals surface area contributed by atoms with Gasteiger partial charge in [0, 0.05) is 0 Å². The molecule has 2 aliphatic rings. The standard InChI is InChI=1S/C8H8BIN2O5/c13-5-1-2-6(14)11(5)9-10-17-12-7(15)3-4-8(12)16/h1-2,5,13H,3-4H2/q-1. The summed E-state index contributed by atoms with van der Waals surface area (Å²) in [6.07, 6.45) is 1.92. The topological polar surface area (TPSA) is 87.2 Å². The second kappa shape index (κ2) is 5.15. The molecule has 1 N–H and O–H groups in total. The molecule has 2 aliphatic heterocycles. The summed E-state index contributed by atoms with van der Waals surface area (Å²) in [5.74, 6) is -1.08. The average molecular weight is 350 g/mol. The summed E-state index contributed by atoms with van der Waals surface area (Å²) in [5.41, 5.74) is 0. The molecule has 7 nitrogen and oxygen atoms in total. The van der Waals surface area contributed by atoms with Crippen LogP contribution in [-0.4, -0.2) is 44.2 Å². The van der Waals surface area contributed by atoms with Crippen molar-refractivity contribution in [3.05, 3.63) is 12.2 Å². The van der Waals surface area contributed by atoms with E-state index < -0.39 is 27.6 Å². The first-order chi connectivity index (χ1) is 8.09. The first-order valence-corrected chi connectivity index (χ1v) is 6.90. The third kappa shape index (κ3) is 2.66. The number of aliphatic hydroxyl groups excluding tert-OH is 1. The molecule has 0 aromatic heterocycles. The van der Waals surface area contributed by atoms with Gasteiger partial charge >= 0.3 is 108 Å². The molecule has 0 aromatic rings. The van der Waals surface area contributed by atoms with Gasteiger partial charge in [0.2, 0.25) is 0 Å². The molecule has 2 heterocycles. The van der Waals surface area contributed by atoms with E-state index >= 15 is 0 Å². The van der Waals surface area contributed by atoms with Gasteiger partial charge in [0.15, 0.2) is 0 Å². The van der Waals surface area contributed by atoms with E-state index in [4.69, 9.17) is 3.17 Å². The zero-order valence-corrected chi connectivity index (χ0v) is 10.7. The second-order valence-corrected chi connectivity index (χ2v) is 4.82. The summed E-state index contributed by atoms with van der Waals surface area (Å²) in [6.45, 7) is 0. The van der Waals surface area contributed by atoms with Gasteiger partial charge in [-0.3, -0.25) is 0 Å². The summed E-state index contributed by atoms with van der Waals surface area (Å²) in [7, 11) is 0. The summed E-state index contributed by atoms with van der Waals surface area (Å²) >= 11 is -1.15. The minimum atomic E-state index is -1.15. The molecule has 0 aliphatic carbocycles. The van der Waals surface area contributed by atoms with Crippen molar-refractivity contribution in [1.29, 1.82) is 0 Å². The molecule has 0 saturated carbocycles. The number of rotatable bonds is 4. The zero-order valence-electron chi connectivity index (χ0n) is 8.58. The van der Waals surface area contributed by atoms with E-state index in [9.17, 15) is 19.5 Å². The van der Waals surface area contributed by atoms with Gasteiger partial charge in [0.05, 0.1) is 0 Å². The van der Waals surface area contributed by atoms with Gasteiger partial charge in [-0.05, 0) is 0 Å². The van der Waals surface area contributed by atoms with Gasteiger partial charge < -0.3 is 0 Å². The van der Waals surface area contributed by atoms with E-state index in [1.165, 1.54) is 17.4 Å². The number of carbonyl (C=O) groups excluding carboxylic acids is 3. The Morgan fingerprint density at radius 1 is 1.35 bits per heavy atom. The molecule has 0 bridgehead atoms. The van der Waals surface area contributed by atoms with Crippen molar-refractivity contribution >= 4 is 23.0 Å². The Kier molecular flexibility index (Phi) is 3.79. The minimum absolute atomic E-state index is 0.162. The fraction of sp³-hybridized carbons (Fsp3) is 0.375. The molecule has 1 fully saturated rings. The van der Waals surface area contributed by atoms with E-state index in [-0.39, 0.29) is 30.6 Å². The molecule has 1 atom stereocenters. The fourth-order valence-corrected chi connectivity index (χ4v) is 2.93. The average Bonchev–Trinajstić information content (AvgIpc) is 2.77. The first kappa shape index (κ1) is 12.5. The number of carbonyl (C=O) groups is 3. The number of hydrogen-bond donors (Lipinski definition) is 1. The Morgan fingerprint density at radius 2 is 2.00 bits per heavy atom. The van der Waals surface area contributed by atoms with Crippen molar-refractivity contribution in [2.45, 2.75) is 19.1 Å². The van der Waals surface area contributed by atoms with Crippen LogP contribution in [0.2, 0.25) is 0 Å². The van der Waals surface area contributed by atoms with Crippen LogP contribution in [0.4, 0.5) is 0 Å². The third-order valence-corrected chi connectivity index (χ3v) is 3.66. The Hall–Kier alpha value is -0.935. The van der Waals surface area contributed by atoms with E-state index in [1.807, 2.05) is 0 Å². The molecule has 0 aromatic carbocycles. The molecular weight excluding hydrogens is 342 g/mol. The molecule has 1 unspecified atom stereocenters. The summed E-state index contributed by atoms with van der Waals surface area (Å²) < 4.78 is 5.04. The van der Waals surface area contributed by atoms with Gasteiger partial charge in [-0.2, -0.15) is 0 Å². The number of nitrogens with zero attached hydrogens (tertiary/aromatic N) is 2.